The summed E-state index contributed by atoms with van der Waals surface area (Å²) in [7, 11) is 0. The van der Waals surface area contributed by atoms with E-state index in [1.165, 1.54) is 0 Å². The predicted octanol–water partition coefficient (Wildman–Crippen LogP) is 4.58. The monoisotopic (exact) mass is 373 g/mol. The maximum Gasteiger partial charge on any atom is 0.277 e. The summed E-state index contributed by atoms with van der Waals surface area (Å²) in [6, 6.07) is 23.6. The van der Waals surface area contributed by atoms with Crippen LogP contribution in [-0.4, -0.2) is 18.7 Å². The molecule has 3 aromatic carbocycles. The van der Waals surface area contributed by atoms with Crippen molar-refractivity contribution >= 4 is 23.5 Å². The van der Waals surface area contributed by atoms with Gasteiger partial charge >= 0.3 is 0 Å². The van der Waals surface area contributed by atoms with E-state index in [0.29, 0.717) is 5.75 Å². The first kappa shape index (κ1) is 19.2. The van der Waals surface area contributed by atoms with Gasteiger partial charge in [-0.1, -0.05) is 42.5 Å². The fourth-order valence-electron chi connectivity index (χ4n) is 2.56. The molecule has 0 bridgehead atoms. The molecule has 0 saturated carbocycles. The second kappa shape index (κ2) is 9.37. The lowest BCUT2D eigenvalue weighted by molar-refractivity contribution is -0.123. The minimum atomic E-state index is -0.306. The van der Waals surface area contributed by atoms with E-state index in [-0.39, 0.29) is 12.5 Å². The number of ether oxygens (including phenoxy) is 1. The SMILES string of the molecule is Cc1ccc(C)c(OCC(=O)N/N=C/c2ccc(Nc3ccccc3)cc2)c1. The quantitative estimate of drug-likeness (QED) is 0.471. The Kier molecular flexibility index (Phi) is 6.41. The van der Waals surface area contributed by atoms with Gasteiger partial charge in [-0.15, -0.1) is 0 Å². The molecule has 28 heavy (non-hydrogen) atoms. The summed E-state index contributed by atoms with van der Waals surface area (Å²) in [6.07, 6.45) is 1.60. The van der Waals surface area contributed by atoms with Gasteiger partial charge in [0, 0.05) is 11.4 Å². The molecule has 5 nitrogen and oxygen atoms in total. The fourth-order valence-corrected chi connectivity index (χ4v) is 2.56. The summed E-state index contributed by atoms with van der Waals surface area (Å²) >= 11 is 0. The lowest BCUT2D eigenvalue weighted by Crippen LogP contribution is -2.24. The third kappa shape index (κ3) is 5.71. The van der Waals surface area contributed by atoms with Gasteiger partial charge in [0.15, 0.2) is 6.61 Å². The number of para-hydroxylation sites is 1. The number of carbonyl (C=O) groups is 1. The third-order valence-electron chi connectivity index (χ3n) is 4.08. The van der Waals surface area contributed by atoms with Crippen LogP contribution in [0.2, 0.25) is 0 Å². The van der Waals surface area contributed by atoms with Gasteiger partial charge in [-0.2, -0.15) is 5.10 Å². The van der Waals surface area contributed by atoms with Gasteiger partial charge in [0.2, 0.25) is 0 Å². The summed E-state index contributed by atoms with van der Waals surface area (Å²) in [4.78, 5) is 11.9. The zero-order valence-corrected chi connectivity index (χ0v) is 16.0. The molecule has 0 aliphatic carbocycles. The Morgan fingerprint density at radius 3 is 2.43 bits per heavy atom. The van der Waals surface area contributed by atoms with Crippen molar-refractivity contribution < 1.29 is 9.53 Å². The second-order valence-electron chi connectivity index (χ2n) is 6.46. The Bertz CT molecular complexity index is 951. The average Bonchev–Trinajstić information content (AvgIpc) is 2.71. The van der Waals surface area contributed by atoms with Crippen molar-refractivity contribution in [2.45, 2.75) is 13.8 Å². The first-order valence-corrected chi connectivity index (χ1v) is 9.04. The van der Waals surface area contributed by atoms with Crippen LogP contribution in [0.15, 0.2) is 77.9 Å². The summed E-state index contributed by atoms with van der Waals surface area (Å²) in [5.41, 5.74) is 7.45. The van der Waals surface area contributed by atoms with Gasteiger partial charge in [0.25, 0.3) is 5.91 Å². The highest BCUT2D eigenvalue weighted by molar-refractivity contribution is 5.83. The largest absolute Gasteiger partial charge is 0.483 e. The van der Waals surface area contributed by atoms with Crippen LogP contribution in [0.1, 0.15) is 16.7 Å². The number of nitrogens with zero attached hydrogens (tertiary/aromatic N) is 1. The van der Waals surface area contributed by atoms with Crippen molar-refractivity contribution in [1.82, 2.24) is 5.43 Å². The van der Waals surface area contributed by atoms with Crippen molar-refractivity contribution in [3.05, 3.63) is 89.5 Å². The Labute approximate surface area is 165 Å². The minimum Gasteiger partial charge on any atom is -0.483 e. The highest BCUT2D eigenvalue weighted by atomic mass is 16.5. The molecule has 0 atom stereocenters. The van der Waals surface area contributed by atoms with Crippen molar-refractivity contribution in [2.24, 2.45) is 5.10 Å². The van der Waals surface area contributed by atoms with E-state index in [2.05, 4.69) is 15.8 Å². The van der Waals surface area contributed by atoms with E-state index in [1.807, 2.05) is 86.6 Å². The normalized spacial score (nSPS) is 10.6. The lowest BCUT2D eigenvalue weighted by atomic mass is 10.1. The third-order valence-corrected chi connectivity index (χ3v) is 4.08. The number of carbonyl (C=O) groups excluding carboxylic acids is 1. The molecule has 142 valence electrons. The molecule has 5 heteroatoms. The van der Waals surface area contributed by atoms with Crippen LogP contribution in [0.3, 0.4) is 0 Å². The number of anilines is 2. The summed E-state index contributed by atoms with van der Waals surface area (Å²) in [5.74, 6) is 0.403. The van der Waals surface area contributed by atoms with Gasteiger partial charge in [0.05, 0.1) is 6.21 Å². The Morgan fingerprint density at radius 2 is 1.68 bits per heavy atom. The van der Waals surface area contributed by atoms with E-state index in [1.54, 1.807) is 6.21 Å². The number of benzene rings is 3. The standard InChI is InChI=1S/C23H23N3O2/c1-17-8-9-18(2)22(14-17)28-16-23(27)26-24-15-19-10-12-21(13-11-19)25-20-6-4-3-5-7-20/h3-15,25H,16H2,1-2H3,(H,26,27)/b24-15+. The van der Waals surface area contributed by atoms with Crippen molar-refractivity contribution in [2.75, 3.05) is 11.9 Å². The van der Waals surface area contributed by atoms with Crippen LogP contribution in [-0.2, 0) is 4.79 Å². The van der Waals surface area contributed by atoms with Crippen LogP contribution in [0.4, 0.5) is 11.4 Å². The molecular weight excluding hydrogens is 350 g/mol. The van der Waals surface area contributed by atoms with Gasteiger partial charge in [0.1, 0.15) is 5.75 Å². The maximum atomic E-state index is 11.9. The lowest BCUT2D eigenvalue weighted by Gasteiger charge is -2.08. The van der Waals surface area contributed by atoms with Crippen LogP contribution in [0, 0.1) is 13.8 Å². The molecular formula is C23H23N3O2. The average molecular weight is 373 g/mol. The molecule has 0 saturated heterocycles. The van der Waals surface area contributed by atoms with Crippen LogP contribution in [0.5, 0.6) is 5.75 Å². The molecule has 0 aliphatic rings. The topological polar surface area (TPSA) is 62.7 Å². The Balaban J connectivity index is 1.47. The van der Waals surface area contributed by atoms with E-state index in [0.717, 1.165) is 28.1 Å². The second-order valence-corrected chi connectivity index (χ2v) is 6.46. The summed E-state index contributed by atoms with van der Waals surface area (Å²) in [6.45, 7) is 3.85. The maximum absolute atomic E-state index is 11.9. The van der Waals surface area contributed by atoms with Gasteiger partial charge in [-0.25, -0.2) is 5.43 Å². The molecule has 0 aliphatic heterocycles. The first-order chi connectivity index (χ1) is 13.6. The fraction of sp³-hybridized carbons (Fsp3) is 0.130. The van der Waals surface area contributed by atoms with Crippen LogP contribution < -0.4 is 15.5 Å². The van der Waals surface area contributed by atoms with Gasteiger partial charge < -0.3 is 10.1 Å². The number of nitrogens with one attached hydrogen (secondary N) is 2. The van der Waals surface area contributed by atoms with E-state index in [4.69, 9.17) is 4.74 Å². The van der Waals surface area contributed by atoms with Crippen LogP contribution >= 0.6 is 0 Å². The Hall–Kier alpha value is -3.60. The molecule has 0 aromatic heterocycles. The zero-order chi connectivity index (χ0) is 19.8. The van der Waals surface area contributed by atoms with E-state index in [9.17, 15) is 4.79 Å². The molecule has 0 heterocycles. The smallest absolute Gasteiger partial charge is 0.277 e. The molecule has 2 N–H and O–H groups in total. The number of hydrogen-bond donors (Lipinski definition) is 2. The van der Waals surface area contributed by atoms with Crippen molar-refractivity contribution in [3.8, 4) is 5.75 Å². The number of rotatable bonds is 7. The van der Waals surface area contributed by atoms with Crippen molar-refractivity contribution in [1.29, 1.82) is 0 Å². The predicted molar refractivity (Wildman–Crippen MR) is 113 cm³/mol. The number of hydrazone groups is 1. The summed E-state index contributed by atoms with van der Waals surface area (Å²) < 4.78 is 5.56. The molecule has 0 fully saturated rings. The number of aryl methyl sites for hydroxylation is 2. The molecule has 0 spiro atoms. The zero-order valence-electron chi connectivity index (χ0n) is 16.0. The van der Waals surface area contributed by atoms with E-state index >= 15 is 0 Å². The van der Waals surface area contributed by atoms with Crippen molar-refractivity contribution in [3.63, 3.8) is 0 Å². The highest BCUT2D eigenvalue weighted by Crippen LogP contribution is 2.19. The molecule has 3 rings (SSSR count). The molecule has 0 unspecified atom stereocenters. The van der Waals surface area contributed by atoms with Gasteiger partial charge in [-0.3, -0.25) is 4.79 Å². The van der Waals surface area contributed by atoms with Gasteiger partial charge in [-0.05, 0) is 60.9 Å². The molecule has 0 radical (unpaired) electrons. The minimum absolute atomic E-state index is 0.0818. The first-order valence-electron chi connectivity index (χ1n) is 9.04. The molecule has 3 aromatic rings. The highest BCUT2D eigenvalue weighted by Gasteiger charge is 2.04. The molecule has 1 amide bonds. The summed E-state index contributed by atoms with van der Waals surface area (Å²) in [5, 5.41) is 7.30. The van der Waals surface area contributed by atoms with E-state index < -0.39 is 0 Å². The number of hydrogen-bond acceptors (Lipinski definition) is 4. The number of amides is 1. The Morgan fingerprint density at radius 1 is 0.964 bits per heavy atom. The van der Waals surface area contributed by atoms with Crippen LogP contribution in [0.25, 0.3) is 0 Å².